The van der Waals surface area contributed by atoms with Gasteiger partial charge in [-0.05, 0) is 35.8 Å². The second-order valence-electron chi connectivity index (χ2n) is 4.37. The second-order valence-corrected chi connectivity index (χ2v) is 5.73. The van der Waals surface area contributed by atoms with Crippen LogP contribution in [0.5, 0.6) is 11.5 Å². The third kappa shape index (κ3) is 5.21. The zero-order chi connectivity index (χ0) is 17.4. The van der Waals surface area contributed by atoms with E-state index in [0.29, 0.717) is 16.4 Å². The van der Waals surface area contributed by atoms with Crippen LogP contribution in [0, 0.1) is 0 Å². The van der Waals surface area contributed by atoms with E-state index < -0.39 is 5.91 Å². The van der Waals surface area contributed by atoms with Gasteiger partial charge in [0.15, 0.2) is 23.2 Å². The first-order valence-corrected chi connectivity index (χ1v) is 8.08. The van der Waals surface area contributed by atoms with Gasteiger partial charge in [0.05, 0.1) is 12.0 Å². The quantitative estimate of drug-likeness (QED) is 0.549. The van der Waals surface area contributed by atoms with E-state index in [1.807, 2.05) is 0 Å². The van der Waals surface area contributed by atoms with Crippen molar-refractivity contribution in [1.29, 1.82) is 0 Å². The molecule has 0 spiro atoms. The number of para-hydroxylation sites is 2. The van der Waals surface area contributed by atoms with Crippen LogP contribution in [0.2, 0.25) is 0 Å². The van der Waals surface area contributed by atoms with Crippen molar-refractivity contribution < 1.29 is 19.1 Å². The zero-order valence-corrected chi connectivity index (χ0v) is 14.3. The largest absolute Gasteiger partial charge is 0.493 e. The number of amides is 2. The van der Waals surface area contributed by atoms with Gasteiger partial charge in [0, 0.05) is 0 Å². The van der Waals surface area contributed by atoms with Gasteiger partial charge in [-0.1, -0.05) is 18.2 Å². The summed E-state index contributed by atoms with van der Waals surface area (Å²) in [6, 6.07) is 10.4. The predicted octanol–water partition coefficient (Wildman–Crippen LogP) is 1.47. The fourth-order valence-electron chi connectivity index (χ4n) is 1.66. The van der Waals surface area contributed by atoms with E-state index in [4.69, 9.17) is 21.7 Å². The Morgan fingerprint density at radius 1 is 1.12 bits per heavy atom. The molecule has 0 saturated carbocycles. The molecule has 0 fully saturated rings. The van der Waals surface area contributed by atoms with Crippen LogP contribution in [-0.2, 0) is 4.79 Å². The summed E-state index contributed by atoms with van der Waals surface area (Å²) >= 11 is 6.21. The van der Waals surface area contributed by atoms with E-state index in [9.17, 15) is 9.59 Å². The minimum Gasteiger partial charge on any atom is -0.493 e. The fraction of sp³-hybridized carbons (Fsp3) is 0.133. The third-order valence-corrected chi connectivity index (χ3v) is 3.79. The Balaban J connectivity index is 1.73. The number of carbonyl (C=O) groups excluding carboxylic acids is 2. The zero-order valence-electron chi connectivity index (χ0n) is 12.7. The molecule has 0 unspecified atom stereocenters. The maximum Gasteiger partial charge on any atom is 0.279 e. The number of hydrazine groups is 1. The van der Waals surface area contributed by atoms with E-state index in [1.54, 1.807) is 41.8 Å². The Hall–Kier alpha value is -2.65. The average molecular weight is 365 g/mol. The molecule has 7 nitrogen and oxygen atoms in total. The van der Waals surface area contributed by atoms with Crippen molar-refractivity contribution >= 4 is 40.5 Å². The van der Waals surface area contributed by atoms with E-state index in [2.05, 4.69) is 16.2 Å². The molecule has 2 amide bonds. The van der Waals surface area contributed by atoms with E-state index in [-0.39, 0.29) is 17.6 Å². The molecule has 0 aliphatic heterocycles. The number of hydrogen-bond acceptors (Lipinski definition) is 6. The van der Waals surface area contributed by atoms with Crippen LogP contribution in [-0.4, -0.2) is 30.6 Å². The Morgan fingerprint density at radius 2 is 1.88 bits per heavy atom. The molecule has 1 aromatic carbocycles. The average Bonchev–Trinajstić information content (AvgIpc) is 3.12. The van der Waals surface area contributed by atoms with Crippen LogP contribution in [0.15, 0.2) is 41.8 Å². The number of ether oxygens (including phenoxy) is 2. The lowest BCUT2D eigenvalue weighted by Gasteiger charge is -2.12. The van der Waals surface area contributed by atoms with Crippen molar-refractivity contribution in [3.63, 3.8) is 0 Å². The van der Waals surface area contributed by atoms with Crippen LogP contribution >= 0.6 is 23.6 Å². The van der Waals surface area contributed by atoms with Gasteiger partial charge >= 0.3 is 0 Å². The number of thiocarbonyl (C=S) groups is 1. The highest BCUT2D eigenvalue weighted by atomic mass is 32.1. The maximum absolute atomic E-state index is 11.8. The molecule has 2 rings (SSSR count). The molecule has 3 N–H and O–H groups in total. The molecular weight excluding hydrogens is 350 g/mol. The van der Waals surface area contributed by atoms with E-state index in [0.717, 1.165) is 0 Å². The molecule has 0 atom stereocenters. The van der Waals surface area contributed by atoms with Gasteiger partial charge in [-0.2, -0.15) is 0 Å². The van der Waals surface area contributed by atoms with Gasteiger partial charge in [-0.15, -0.1) is 11.3 Å². The van der Waals surface area contributed by atoms with Crippen LogP contribution in [0.1, 0.15) is 9.67 Å². The molecule has 126 valence electrons. The Labute approximate surface area is 147 Å². The predicted molar refractivity (Wildman–Crippen MR) is 94.2 cm³/mol. The van der Waals surface area contributed by atoms with Gasteiger partial charge in [-0.25, -0.2) is 0 Å². The summed E-state index contributed by atoms with van der Waals surface area (Å²) in [5.74, 6) is 0.157. The molecule has 9 heteroatoms. The van der Waals surface area contributed by atoms with Crippen molar-refractivity contribution in [2.24, 2.45) is 0 Å². The van der Waals surface area contributed by atoms with Gasteiger partial charge in [0.25, 0.3) is 11.8 Å². The number of methoxy groups -OCH3 is 1. The third-order valence-electron chi connectivity index (χ3n) is 2.72. The van der Waals surface area contributed by atoms with Crippen LogP contribution in [0.3, 0.4) is 0 Å². The molecule has 0 aliphatic rings. The highest BCUT2D eigenvalue weighted by molar-refractivity contribution is 7.80. The summed E-state index contributed by atoms with van der Waals surface area (Å²) in [5, 5.41) is 4.14. The highest BCUT2D eigenvalue weighted by Crippen LogP contribution is 2.25. The van der Waals surface area contributed by atoms with E-state index in [1.165, 1.54) is 18.4 Å². The van der Waals surface area contributed by atoms with Crippen LogP contribution in [0.25, 0.3) is 0 Å². The molecule has 0 radical (unpaired) electrons. The smallest absolute Gasteiger partial charge is 0.279 e. The summed E-state index contributed by atoms with van der Waals surface area (Å²) < 4.78 is 10.5. The molecule has 1 aromatic heterocycles. The SMILES string of the molecule is COc1ccccc1OCC(=O)NC(=S)NNC(=O)c1cccs1. The summed E-state index contributed by atoms with van der Waals surface area (Å²) in [7, 11) is 1.51. The lowest BCUT2D eigenvalue weighted by Crippen LogP contribution is -2.49. The Bertz CT molecular complexity index is 719. The van der Waals surface area contributed by atoms with Gasteiger partial charge in [0.1, 0.15) is 0 Å². The number of nitrogens with one attached hydrogen (secondary N) is 3. The summed E-state index contributed by atoms with van der Waals surface area (Å²) in [4.78, 5) is 24.0. The van der Waals surface area contributed by atoms with E-state index >= 15 is 0 Å². The normalized spacial score (nSPS) is 9.71. The minimum atomic E-state index is -0.469. The summed E-state index contributed by atoms with van der Waals surface area (Å²) in [6.07, 6.45) is 0. The molecule has 0 saturated heterocycles. The molecule has 0 aliphatic carbocycles. The maximum atomic E-state index is 11.8. The monoisotopic (exact) mass is 365 g/mol. The fourth-order valence-corrected chi connectivity index (χ4v) is 2.44. The lowest BCUT2D eigenvalue weighted by atomic mass is 10.3. The number of carbonyl (C=O) groups is 2. The van der Waals surface area contributed by atoms with Crippen molar-refractivity contribution in [2.75, 3.05) is 13.7 Å². The highest BCUT2D eigenvalue weighted by Gasteiger charge is 2.10. The molecule has 24 heavy (non-hydrogen) atoms. The van der Waals surface area contributed by atoms with Gasteiger partial charge < -0.3 is 9.47 Å². The number of thiophene rings is 1. The topological polar surface area (TPSA) is 88.7 Å². The molecule has 1 heterocycles. The van der Waals surface area contributed by atoms with Crippen molar-refractivity contribution in [3.05, 3.63) is 46.7 Å². The lowest BCUT2D eigenvalue weighted by molar-refractivity contribution is -0.121. The molecule has 2 aromatic rings. The first-order valence-electron chi connectivity index (χ1n) is 6.79. The molecular formula is C15H15N3O4S2. The summed E-state index contributed by atoms with van der Waals surface area (Å²) in [5.41, 5.74) is 4.84. The van der Waals surface area contributed by atoms with Gasteiger partial charge in [0.2, 0.25) is 0 Å². The second kappa shape index (κ2) is 8.85. The Morgan fingerprint density at radius 3 is 2.54 bits per heavy atom. The standard InChI is InChI=1S/C15H15N3O4S2/c1-21-10-5-2-3-6-11(10)22-9-13(19)16-15(23)18-17-14(20)12-7-4-8-24-12/h2-8H,9H2,1H3,(H,17,20)(H2,16,18,19,23). The Kier molecular flexibility index (Phi) is 6.52. The van der Waals surface area contributed by atoms with Crippen LogP contribution in [0.4, 0.5) is 0 Å². The van der Waals surface area contributed by atoms with Crippen molar-refractivity contribution in [3.8, 4) is 11.5 Å². The molecule has 0 bridgehead atoms. The minimum absolute atomic E-state index is 0.0338. The first-order chi connectivity index (χ1) is 11.6. The first kappa shape index (κ1) is 17.7. The van der Waals surface area contributed by atoms with Gasteiger partial charge in [-0.3, -0.25) is 25.8 Å². The van der Waals surface area contributed by atoms with Crippen LogP contribution < -0.4 is 25.6 Å². The van der Waals surface area contributed by atoms with Crippen molar-refractivity contribution in [1.82, 2.24) is 16.2 Å². The summed E-state index contributed by atoms with van der Waals surface area (Å²) in [6.45, 7) is -0.249. The van der Waals surface area contributed by atoms with Crippen molar-refractivity contribution in [2.45, 2.75) is 0 Å². The number of benzene rings is 1. The number of hydrogen-bond donors (Lipinski definition) is 3. The number of rotatable bonds is 5.